The van der Waals surface area contributed by atoms with Gasteiger partial charge in [0, 0.05) is 32.7 Å². The van der Waals surface area contributed by atoms with Gasteiger partial charge in [0.05, 0.1) is 5.56 Å². The van der Waals surface area contributed by atoms with Crippen LogP contribution in [0, 0.1) is 17.0 Å². The number of halogens is 4. The van der Waals surface area contributed by atoms with Crippen molar-refractivity contribution in [2.75, 3.05) is 0 Å². The Bertz CT molecular complexity index is 672. The van der Waals surface area contributed by atoms with Gasteiger partial charge < -0.3 is 0 Å². The molecule has 0 fully saturated rings. The summed E-state index contributed by atoms with van der Waals surface area (Å²) in [5.41, 5.74) is 2.59. The summed E-state index contributed by atoms with van der Waals surface area (Å²) in [6, 6.07) is 3.60. The summed E-state index contributed by atoms with van der Waals surface area (Å²) in [4.78, 5) is 17.4. The van der Waals surface area contributed by atoms with Gasteiger partial charge in [-0.05, 0) is 34.5 Å². The first-order valence-corrected chi connectivity index (χ1v) is 8.59. The van der Waals surface area contributed by atoms with E-state index < -0.39 is 4.92 Å². The fraction of sp³-hybridized carbons (Fsp3) is 0.231. The Morgan fingerprint density at radius 2 is 1.77 bits per heavy atom. The number of hydrogen-bond acceptors (Lipinski definition) is 4. The van der Waals surface area contributed by atoms with Gasteiger partial charge in [0.1, 0.15) is 10.3 Å². The maximum Gasteiger partial charge on any atom is 0.231 e. The van der Waals surface area contributed by atoms with Crippen molar-refractivity contribution in [1.82, 2.24) is 9.97 Å². The van der Waals surface area contributed by atoms with Crippen molar-refractivity contribution < 1.29 is 4.92 Å². The van der Waals surface area contributed by atoms with Crippen LogP contribution in [0.25, 0.3) is 0 Å². The third-order valence-electron chi connectivity index (χ3n) is 2.37. The molecule has 0 bridgehead atoms. The van der Waals surface area contributed by atoms with Crippen LogP contribution in [0.1, 0.15) is 16.7 Å². The Hall–Kier alpha value is -0.760. The number of pyridine rings is 2. The van der Waals surface area contributed by atoms with E-state index in [0.717, 1.165) is 16.5 Å². The zero-order valence-corrected chi connectivity index (χ0v) is 16.1. The fourth-order valence-corrected chi connectivity index (χ4v) is 2.72. The van der Waals surface area contributed by atoms with Crippen LogP contribution in [0.5, 0.6) is 0 Å². The first-order chi connectivity index (χ1) is 10.3. The molecule has 0 saturated heterocycles. The first-order valence-electron chi connectivity index (χ1n) is 5.92. The molecule has 22 heavy (non-hydrogen) atoms. The minimum atomic E-state index is -0.449. The van der Waals surface area contributed by atoms with Crippen LogP contribution in [-0.4, -0.2) is 14.9 Å². The molecule has 0 aromatic carbocycles. The fourth-order valence-electron chi connectivity index (χ4n) is 1.42. The third-order valence-corrected chi connectivity index (χ3v) is 4.09. The lowest BCUT2D eigenvalue weighted by molar-refractivity contribution is -0.496. The average Bonchev–Trinajstić information content (AvgIpc) is 2.45. The predicted molar refractivity (Wildman–Crippen MR) is 94.3 cm³/mol. The minimum absolute atomic E-state index is 0.176. The molecule has 0 atom stereocenters. The Morgan fingerprint density at radius 1 is 1.18 bits per heavy atom. The van der Waals surface area contributed by atoms with E-state index in [1.165, 1.54) is 6.20 Å². The third kappa shape index (κ3) is 6.56. The number of alkyl halides is 1. The molecule has 9 heteroatoms. The number of nitro groups is 1. The van der Waals surface area contributed by atoms with E-state index in [9.17, 15) is 10.1 Å². The molecule has 2 aromatic rings. The second-order valence-corrected chi connectivity index (χ2v) is 6.38. The molecule has 0 saturated carbocycles. The van der Waals surface area contributed by atoms with Crippen LogP contribution in [0.4, 0.5) is 0 Å². The molecule has 0 aliphatic carbocycles. The van der Waals surface area contributed by atoms with Gasteiger partial charge in [-0.15, -0.1) is 0 Å². The first kappa shape index (κ1) is 19.3. The average molecular weight is 472 g/mol. The Kier molecular flexibility index (Phi) is 8.24. The van der Waals surface area contributed by atoms with Gasteiger partial charge in [-0.3, -0.25) is 10.1 Å². The number of nitrogens with zero attached hydrogens (tertiary/aromatic N) is 3. The molecule has 118 valence electrons. The van der Waals surface area contributed by atoms with E-state index in [0.29, 0.717) is 15.2 Å². The summed E-state index contributed by atoms with van der Waals surface area (Å²) < 4.78 is 0.684. The topological polar surface area (TPSA) is 68.9 Å². The molecular weight excluding hydrogens is 461 g/mol. The summed E-state index contributed by atoms with van der Waals surface area (Å²) in [6.45, 7) is 1.70. The van der Waals surface area contributed by atoms with Gasteiger partial charge in [0.15, 0.2) is 0 Å². The Morgan fingerprint density at radius 3 is 2.32 bits per heavy atom. The summed E-state index contributed by atoms with van der Waals surface area (Å²) in [7, 11) is 0. The van der Waals surface area contributed by atoms with Crippen molar-refractivity contribution in [1.29, 1.82) is 0 Å². The summed E-state index contributed by atoms with van der Waals surface area (Å²) in [5, 5.41) is 11.7. The molecule has 0 N–H and O–H groups in total. The second-order valence-electron chi connectivity index (χ2n) is 4.19. The van der Waals surface area contributed by atoms with Crippen LogP contribution in [0.15, 0.2) is 29.0 Å². The van der Waals surface area contributed by atoms with Crippen molar-refractivity contribution in [3.63, 3.8) is 0 Å². The summed E-state index contributed by atoms with van der Waals surface area (Å²) >= 11 is 17.8. The van der Waals surface area contributed by atoms with Gasteiger partial charge in [-0.25, -0.2) is 9.97 Å². The molecule has 0 aliphatic heterocycles. The van der Waals surface area contributed by atoms with Crippen molar-refractivity contribution in [3.05, 3.63) is 66.1 Å². The molecule has 0 spiro atoms. The molecule has 0 amide bonds. The molecule has 0 unspecified atom stereocenters. The van der Waals surface area contributed by atoms with Crippen molar-refractivity contribution in [2.45, 2.75) is 18.8 Å². The monoisotopic (exact) mass is 469 g/mol. The van der Waals surface area contributed by atoms with Crippen molar-refractivity contribution in [2.24, 2.45) is 0 Å². The zero-order valence-electron chi connectivity index (χ0n) is 11.4. The normalized spacial score (nSPS) is 9.86. The highest BCUT2D eigenvalue weighted by Crippen LogP contribution is 2.18. The van der Waals surface area contributed by atoms with E-state index in [4.69, 9.17) is 23.2 Å². The lowest BCUT2D eigenvalue weighted by atomic mass is 10.2. The number of aromatic nitrogens is 2. The van der Waals surface area contributed by atoms with E-state index in [1.807, 2.05) is 13.0 Å². The highest BCUT2D eigenvalue weighted by molar-refractivity contribution is 9.10. The lowest BCUT2D eigenvalue weighted by Crippen LogP contribution is -1.99. The quantitative estimate of drug-likeness (QED) is 0.266. The predicted octanol–water partition coefficient (Wildman–Crippen LogP) is 5.21. The number of aryl methyl sites for hydroxylation is 1. The molecule has 2 rings (SSSR count). The SMILES string of the molecule is Cc1cnc(Cl)c(CBr)c1.O=[N+]([O-])Cc1cc(Br)cnc1Cl. The molecule has 2 heterocycles. The second kappa shape index (κ2) is 9.39. The largest absolute Gasteiger partial charge is 0.264 e. The van der Waals surface area contributed by atoms with Crippen molar-refractivity contribution in [3.8, 4) is 0 Å². The number of hydrogen-bond donors (Lipinski definition) is 0. The molecule has 0 aliphatic rings. The minimum Gasteiger partial charge on any atom is -0.264 e. The maximum absolute atomic E-state index is 10.1. The van der Waals surface area contributed by atoms with Crippen LogP contribution in [0.2, 0.25) is 10.3 Å². The molecular formula is C13H11Br2Cl2N3O2. The van der Waals surface area contributed by atoms with Crippen LogP contribution in [-0.2, 0) is 11.9 Å². The van der Waals surface area contributed by atoms with E-state index in [1.54, 1.807) is 12.3 Å². The highest BCUT2D eigenvalue weighted by Gasteiger charge is 2.08. The van der Waals surface area contributed by atoms with Crippen LogP contribution < -0.4 is 0 Å². The number of rotatable bonds is 3. The molecule has 2 aromatic heterocycles. The lowest BCUT2D eigenvalue weighted by Gasteiger charge is -1.98. The maximum atomic E-state index is 10.1. The van der Waals surface area contributed by atoms with Gasteiger partial charge >= 0.3 is 0 Å². The van der Waals surface area contributed by atoms with E-state index in [-0.39, 0.29) is 11.7 Å². The van der Waals surface area contributed by atoms with Crippen LogP contribution in [0.3, 0.4) is 0 Å². The van der Waals surface area contributed by atoms with Gasteiger partial charge in [0.2, 0.25) is 6.54 Å². The van der Waals surface area contributed by atoms with E-state index in [2.05, 4.69) is 41.8 Å². The van der Waals surface area contributed by atoms with Gasteiger partial charge in [0.25, 0.3) is 0 Å². The molecule has 0 radical (unpaired) electrons. The van der Waals surface area contributed by atoms with E-state index >= 15 is 0 Å². The molecule has 5 nitrogen and oxygen atoms in total. The van der Waals surface area contributed by atoms with Gasteiger partial charge in [-0.1, -0.05) is 45.2 Å². The highest BCUT2D eigenvalue weighted by atomic mass is 79.9. The smallest absolute Gasteiger partial charge is 0.231 e. The Balaban J connectivity index is 0.000000224. The van der Waals surface area contributed by atoms with Crippen molar-refractivity contribution >= 4 is 55.1 Å². The van der Waals surface area contributed by atoms with Crippen LogP contribution >= 0.6 is 55.1 Å². The van der Waals surface area contributed by atoms with Gasteiger partial charge in [-0.2, -0.15) is 0 Å². The zero-order chi connectivity index (χ0) is 16.7. The summed E-state index contributed by atoms with van der Waals surface area (Å²) in [5.74, 6) is 0. The summed E-state index contributed by atoms with van der Waals surface area (Å²) in [6.07, 6.45) is 3.25. The standard InChI is InChI=1S/C7H7BrClN.C6H4BrClN2O2/c1-5-2-6(3-8)7(9)10-4-5;7-5-1-4(3-10(11)12)6(8)9-2-5/h2,4H,3H2,1H3;1-2H,3H2. The Labute approximate surface area is 154 Å².